The van der Waals surface area contributed by atoms with Crippen LogP contribution in [-0.2, 0) is 36.1 Å². The maximum absolute atomic E-state index is 14.9. The molecule has 2 heterocycles. The highest BCUT2D eigenvalue weighted by molar-refractivity contribution is 5.96. The number of Topliss-reactive ketones (excluding diaryl/α,β-unsaturated/α-hetero) is 1. The number of aliphatic hydroxyl groups is 1. The smallest absolute Gasteiger partial charge is 0.181 e. The van der Waals surface area contributed by atoms with Crippen molar-refractivity contribution in [2.75, 3.05) is 20.2 Å². The standard InChI is InChI=1S/C36H37NO5/c1-40-27-11-9-25-17-34(18-26(25)15-27)21-36(39)29-16-24-10-12-28(41-20-23-5-3-2-4-6-23)31-30(24)35(36,33(42-31)32(34)38)13-14-37(29)19-22-7-8-22/h2-6,9-12,15,22,29,33,39H,7-8,13-14,16-21H2,1H3/t29-,33-,34?,35-,36+/m0/s1. The molecule has 0 amide bonds. The van der Waals surface area contributed by atoms with E-state index in [9.17, 15) is 9.90 Å². The molecule has 3 fully saturated rings. The Morgan fingerprint density at radius 1 is 1.02 bits per heavy atom. The van der Waals surface area contributed by atoms with Crippen LogP contribution in [0, 0.1) is 11.3 Å². The summed E-state index contributed by atoms with van der Waals surface area (Å²) in [5.74, 6) is 3.04. The van der Waals surface area contributed by atoms with E-state index in [1.54, 1.807) is 7.11 Å². The number of ketones is 1. The molecular weight excluding hydrogens is 526 g/mol. The van der Waals surface area contributed by atoms with Crippen LogP contribution in [0.4, 0.5) is 0 Å². The zero-order valence-electron chi connectivity index (χ0n) is 24.1. The van der Waals surface area contributed by atoms with Crippen molar-refractivity contribution < 1.29 is 24.1 Å². The molecule has 2 spiro atoms. The van der Waals surface area contributed by atoms with E-state index in [0.717, 1.165) is 54.3 Å². The van der Waals surface area contributed by atoms with Gasteiger partial charge in [-0.15, -0.1) is 0 Å². The lowest BCUT2D eigenvalue weighted by Crippen LogP contribution is -2.79. The van der Waals surface area contributed by atoms with Crippen LogP contribution >= 0.6 is 0 Å². The Balaban J connectivity index is 1.17. The van der Waals surface area contributed by atoms with Crippen LogP contribution in [0.5, 0.6) is 17.2 Å². The second kappa shape index (κ2) is 8.61. The van der Waals surface area contributed by atoms with Gasteiger partial charge in [0.1, 0.15) is 12.4 Å². The number of hydrogen-bond acceptors (Lipinski definition) is 6. The topological polar surface area (TPSA) is 68.2 Å². The fourth-order valence-electron chi connectivity index (χ4n) is 9.52. The Bertz CT molecular complexity index is 1620. The molecular formula is C36H37NO5. The van der Waals surface area contributed by atoms with Crippen molar-refractivity contribution in [3.05, 3.63) is 88.5 Å². The van der Waals surface area contributed by atoms with Gasteiger partial charge in [0.2, 0.25) is 0 Å². The number of rotatable bonds is 6. The molecule has 3 aromatic rings. The summed E-state index contributed by atoms with van der Waals surface area (Å²) in [4.78, 5) is 17.4. The van der Waals surface area contributed by atoms with Crippen molar-refractivity contribution in [2.45, 2.75) is 74.7 Å². The number of fused-ring (bicyclic) bond motifs is 1. The van der Waals surface area contributed by atoms with Crippen LogP contribution in [0.25, 0.3) is 0 Å². The van der Waals surface area contributed by atoms with Crippen molar-refractivity contribution in [3.63, 3.8) is 0 Å². The number of carbonyl (C=O) groups excluding carboxylic acids is 1. The zero-order chi connectivity index (χ0) is 28.3. The Labute approximate surface area is 246 Å². The molecule has 4 aliphatic carbocycles. The van der Waals surface area contributed by atoms with E-state index in [0.29, 0.717) is 37.4 Å². The number of nitrogens with zero attached hydrogens (tertiary/aromatic N) is 1. The van der Waals surface area contributed by atoms with E-state index in [1.165, 1.54) is 24.0 Å². The van der Waals surface area contributed by atoms with Crippen LogP contribution in [0.3, 0.4) is 0 Å². The Hall–Kier alpha value is -3.35. The first kappa shape index (κ1) is 25.2. The summed E-state index contributed by atoms with van der Waals surface area (Å²) in [5, 5.41) is 13.3. The molecule has 9 rings (SSSR count). The molecule has 6 heteroatoms. The molecule has 3 aromatic carbocycles. The molecule has 2 bridgehead atoms. The van der Waals surface area contributed by atoms with Gasteiger partial charge in [0.05, 0.1) is 18.1 Å². The van der Waals surface area contributed by atoms with Gasteiger partial charge in [0.25, 0.3) is 0 Å². The number of carbonyl (C=O) groups is 1. The van der Waals surface area contributed by atoms with Crippen LogP contribution in [0.2, 0.25) is 0 Å². The quantitative estimate of drug-likeness (QED) is 0.465. The molecule has 0 aromatic heterocycles. The lowest BCUT2D eigenvalue weighted by atomic mass is 9.44. The number of piperidine rings is 1. The molecule has 2 aliphatic heterocycles. The third kappa shape index (κ3) is 3.25. The van der Waals surface area contributed by atoms with E-state index in [1.807, 2.05) is 30.3 Å². The zero-order valence-corrected chi connectivity index (χ0v) is 24.1. The fraction of sp³-hybridized carbons (Fsp3) is 0.472. The van der Waals surface area contributed by atoms with E-state index in [-0.39, 0.29) is 11.8 Å². The molecule has 2 saturated carbocycles. The average molecular weight is 564 g/mol. The van der Waals surface area contributed by atoms with E-state index in [4.69, 9.17) is 14.2 Å². The molecule has 6 nitrogen and oxygen atoms in total. The van der Waals surface area contributed by atoms with Gasteiger partial charge in [0.15, 0.2) is 23.4 Å². The van der Waals surface area contributed by atoms with Crippen molar-refractivity contribution in [1.82, 2.24) is 4.90 Å². The second-order valence-electron chi connectivity index (χ2n) is 13.8. The first-order valence-electron chi connectivity index (χ1n) is 15.6. The fourth-order valence-corrected chi connectivity index (χ4v) is 9.52. The molecule has 216 valence electrons. The summed E-state index contributed by atoms with van der Waals surface area (Å²) in [6, 6.07) is 20.4. The number of benzene rings is 3. The van der Waals surface area contributed by atoms with Gasteiger partial charge in [-0.3, -0.25) is 9.69 Å². The minimum atomic E-state index is -1.07. The molecule has 1 N–H and O–H groups in total. The Morgan fingerprint density at radius 3 is 2.64 bits per heavy atom. The van der Waals surface area contributed by atoms with Crippen molar-refractivity contribution in [3.8, 4) is 17.2 Å². The van der Waals surface area contributed by atoms with Gasteiger partial charge in [-0.1, -0.05) is 42.5 Å². The molecule has 1 saturated heterocycles. The van der Waals surface area contributed by atoms with Crippen LogP contribution in [0.1, 0.15) is 53.5 Å². The Kier molecular flexibility index (Phi) is 5.16. The van der Waals surface area contributed by atoms with Gasteiger partial charge in [0, 0.05) is 23.6 Å². The summed E-state index contributed by atoms with van der Waals surface area (Å²) < 4.78 is 18.8. The third-order valence-electron chi connectivity index (χ3n) is 11.6. The average Bonchev–Trinajstić information content (AvgIpc) is 3.63. The van der Waals surface area contributed by atoms with E-state index < -0.39 is 22.5 Å². The summed E-state index contributed by atoms with van der Waals surface area (Å²) in [5.41, 5.74) is 3.16. The first-order valence-corrected chi connectivity index (χ1v) is 15.6. The molecule has 1 unspecified atom stereocenters. The summed E-state index contributed by atoms with van der Waals surface area (Å²) in [6.45, 7) is 2.34. The normalized spacial score (nSPS) is 33.7. The van der Waals surface area contributed by atoms with Gasteiger partial charge in [-0.2, -0.15) is 0 Å². The van der Waals surface area contributed by atoms with Crippen LogP contribution in [-0.4, -0.2) is 53.7 Å². The lowest BCUT2D eigenvalue weighted by molar-refractivity contribution is -0.209. The largest absolute Gasteiger partial charge is 0.497 e. The number of hydrogen-bond donors (Lipinski definition) is 1. The summed E-state index contributed by atoms with van der Waals surface area (Å²) in [7, 11) is 1.68. The SMILES string of the molecule is COc1ccc2c(c1)CC1(C2)C[C@@]2(O)[C@@H]3Cc4ccc(OCc5ccccc5)c5c4[C@@]2(CCN3CC2CC2)[C@@H](O5)C1=O. The van der Waals surface area contributed by atoms with Gasteiger partial charge in [-0.05, 0) is 97.9 Å². The molecule has 6 aliphatic rings. The molecule has 0 radical (unpaired) electrons. The Morgan fingerprint density at radius 2 is 1.83 bits per heavy atom. The minimum Gasteiger partial charge on any atom is -0.497 e. The van der Waals surface area contributed by atoms with E-state index in [2.05, 4.69) is 35.2 Å². The van der Waals surface area contributed by atoms with Crippen molar-refractivity contribution >= 4 is 5.78 Å². The maximum Gasteiger partial charge on any atom is 0.181 e. The number of likely N-dealkylation sites (tertiary alicyclic amines) is 1. The lowest BCUT2D eigenvalue weighted by Gasteiger charge is -2.65. The molecule has 42 heavy (non-hydrogen) atoms. The van der Waals surface area contributed by atoms with Crippen molar-refractivity contribution in [2.24, 2.45) is 11.3 Å². The highest BCUT2D eigenvalue weighted by Crippen LogP contribution is 2.68. The minimum absolute atomic E-state index is 0.0317. The predicted molar refractivity (Wildman–Crippen MR) is 157 cm³/mol. The number of ether oxygens (including phenoxy) is 3. The third-order valence-corrected chi connectivity index (χ3v) is 11.6. The highest BCUT2D eigenvalue weighted by atomic mass is 16.5. The summed E-state index contributed by atoms with van der Waals surface area (Å²) >= 11 is 0. The molecule has 5 atom stereocenters. The predicted octanol–water partition coefficient (Wildman–Crippen LogP) is 4.80. The van der Waals surface area contributed by atoms with Crippen LogP contribution < -0.4 is 14.2 Å². The van der Waals surface area contributed by atoms with Gasteiger partial charge < -0.3 is 19.3 Å². The van der Waals surface area contributed by atoms with Crippen molar-refractivity contribution in [1.29, 1.82) is 0 Å². The summed E-state index contributed by atoms with van der Waals surface area (Å²) in [6.07, 6.45) is 5.06. The highest BCUT2D eigenvalue weighted by Gasteiger charge is 2.77. The van der Waals surface area contributed by atoms with E-state index >= 15 is 0 Å². The van der Waals surface area contributed by atoms with Crippen LogP contribution in [0.15, 0.2) is 60.7 Å². The van der Waals surface area contributed by atoms with Gasteiger partial charge in [-0.25, -0.2) is 0 Å². The monoisotopic (exact) mass is 563 g/mol. The first-order chi connectivity index (χ1) is 20.4. The van der Waals surface area contributed by atoms with Gasteiger partial charge >= 0.3 is 0 Å². The number of methoxy groups -OCH3 is 1. The maximum atomic E-state index is 14.9. The second-order valence-corrected chi connectivity index (χ2v) is 13.8.